The van der Waals surface area contributed by atoms with Crippen molar-refractivity contribution in [2.75, 3.05) is 37.2 Å². The summed E-state index contributed by atoms with van der Waals surface area (Å²) >= 11 is 2.80. The molecule has 2 aromatic heterocycles. The Labute approximate surface area is 207 Å². The molecule has 0 fully saturated rings. The van der Waals surface area contributed by atoms with E-state index in [0.29, 0.717) is 21.6 Å². The summed E-state index contributed by atoms with van der Waals surface area (Å²) in [5.41, 5.74) is 3.59. The van der Waals surface area contributed by atoms with Crippen molar-refractivity contribution in [3.8, 4) is 11.4 Å². The van der Waals surface area contributed by atoms with Crippen LogP contribution in [0.3, 0.4) is 0 Å². The molecule has 1 unspecified atom stereocenters. The smallest absolute Gasteiger partial charge is 0.341 e. The highest BCUT2D eigenvalue weighted by molar-refractivity contribution is 7.99. The Kier molecular flexibility index (Phi) is 7.27. The summed E-state index contributed by atoms with van der Waals surface area (Å²) < 4.78 is 6.89. The summed E-state index contributed by atoms with van der Waals surface area (Å²) in [6.07, 6.45) is 2.79. The van der Waals surface area contributed by atoms with E-state index in [1.54, 1.807) is 0 Å². The molecule has 0 spiro atoms. The van der Waals surface area contributed by atoms with E-state index in [4.69, 9.17) is 4.74 Å². The molecule has 180 valence electrons. The van der Waals surface area contributed by atoms with Gasteiger partial charge in [0.2, 0.25) is 5.91 Å². The molecule has 0 radical (unpaired) electrons. The number of hydrogen-bond donors (Lipinski definition) is 1. The molecular weight excluding hydrogens is 470 g/mol. The summed E-state index contributed by atoms with van der Waals surface area (Å²) in [5.74, 6) is 0.876. The number of hydrogen-bond acceptors (Lipinski definition) is 8. The number of carbonyl (C=O) groups is 2. The minimum absolute atomic E-state index is 0.158. The number of rotatable bonds is 7. The van der Waals surface area contributed by atoms with Gasteiger partial charge in [-0.05, 0) is 55.0 Å². The molecule has 34 heavy (non-hydrogen) atoms. The topological polar surface area (TPSA) is 89.3 Å². The molecule has 1 amide bonds. The van der Waals surface area contributed by atoms with E-state index < -0.39 is 5.97 Å². The van der Waals surface area contributed by atoms with Gasteiger partial charge in [-0.2, -0.15) is 0 Å². The first kappa shape index (κ1) is 24.3. The van der Waals surface area contributed by atoms with Crippen molar-refractivity contribution >= 4 is 45.7 Å². The van der Waals surface area contributed by atoms with Gasteiger partial charge in [-0.15, -0.1) is 21.5 Å². The highest BCUT2D eigenvalue weighted by Crippen LogP contribution is 2.40. The first-order chi connectivity index (χ1) is 16.3. The third-order valence-electron chi connectivity index (χ3n) is 5.96. The van der Waals surface area contributed by atoms with Gasteiger partial charge in [0.25, 0.3) is 0 Å². The summed E-state index contributed by atoms with van der Waals surface area (Å²) in [7, 11) is 7.26. The third-order valence-corrected chi connectivity index (χ3v) is 8.15. The Morgan fingerprint density at radius 3 is 2.68 bits per heavy atom. The van der Waals surface area contributed by atoms with E-state index in [2.05, 4.69) is 22.4 Å². The second kappa shape index (κ2) is 10.2. The van der Waals surface area contributed by atoms with Crippen LogP contribution >= 0.6 is 23.1 Å². The fourth-order valence-electron chi connectivity index (χ4n) is 4.05. The van der Waals surface area contributed by atoms with Gasteiger partial charge in [-0.1, -0.05) is 18.7 Å². The monoisotopic (exact) mass is 499 g/mol. The Morgan fingerprint density at radius 1 is 1.26 bits per heavy atom. The predicted octanol–water partition coefficient (Wildman–Crippen LogP) is 4.25. The molecule has 3 aromatic rings. The summed E-state index contributed by atoms with van der Waals surface area (Å²) in [5, 5.41) is 12.7. The minimum atomic E-state index is -0.395. The third kappa shape index (κ3) is 4.97. The van der Waals surface area contributed by atoms with E-state index in [1.165, 1.54) is 35.1 Å². The normalized spacial score (nSPS) is 15.0. The number of amides is 1. The number of methoxy groups -OCH3 is 1. The standard InChI is InChI=1S/C24H29N5O3S2/c1-14-6-11-17-18(12-14)34-22(20(17)23(31)32-5)25-19(30)13-33-24-27-26-21(29(24)4)15-7-9-16(10-8-15)28(2)3/h7-10,14H,6,11-13H2,1-5H3,(H,25,30). The molecular formula is C24H29N5O3S2. The van der Waals surface area contributed by atoms with Crippen LogP contribution in [0.5, 0.6) is 0 Å². The van der Waals surface area contributed by atoms with Crippen LogP contribution in [0.2, 0.25) is 0 Å². The van der Waals surface area contributed by atoms with Gasteiger partial charge in [0, 0.05) is 37.3 Å². The highest BCUT2D eigenvalue weighted by atomic mass is 32.2. The molecule has 1 aliphatic carbocycles. The van der Waals surface area contributed by atoms with Crippen molar-refractivity contribution in [1.29, 1.82) is 0 Å². The summed E-state index contributed by atoms with van der Waals surface area (Å²) in [6, 6.07) is 8.08. The average molecular weight is 500 g/mol. The molecule has 4 rings (SSSR count). The fourth-order valence-corrected chi connectivity index (χ4v) is 6.18. The quantitative estimate of drug-likeness (QED) is 0.384. The zero-order valence-electron chi connectivity index (χ0n) is 20.0. The Hall–Kier alpha value is -2.85. The molecule has 1 atom stereocenters. The van der Waals surface area contributed by atoms with Crippen LogP contribution < -0.4 is 10.2 Å². The van der Waals surface area contributed by atoms with Crippen molar-refractivity contribution in [3.63, 3.8) is 0 Å². The van der Waals surface area contributed by atoms with Crippen molar-refractivity contribution in [2.24, 2.45) is 13.0 Å². The first-order valence-electron chi connectivity index (χ1n) is 11.1. The zero-order valence-corrected chi connectivity index (χ0v) is 21.7. The van der Waals surface area contributed by atoms with Gasteiger partial charge >= 0.3 is 5.97 Å². The van der Waals surface area contributed by atoms with Crippen LogP contribution in [0.15, 0.2) is 29.4 Å². The number of fused-ring (bicyclic) bond motifs is 1. The second-order valence-electron chi connectivity index (χ2n) is 8.69. The Bertz CT molecular complexity index is 1200. The maximum absolute atomic E-state index is 12.8. The molecule has 0 saturated heterocycles. The molecule has 8 nitrogen and oxygen atoms in total. The lowest BCUT2D eigenvalue weighted by atomic mass is 9.88. The molecule has 0 aliphatic heterocycles. The number of anilines is 2. The number of carbonyl (C=O) groups excluding carboxylic acids is 2. The van der Waals surface area contributed by atoms with Crippen molar-refractivity contribution < 1.29 is 14.3 Å². The lowest BCUT2D eigenvalue weighted by molar-refractivity contribution is -0.113. The van der Waals surface area contributed by atoms with Crippen LogP contribution in [-0.2, 0) is 29.4 Å². The Balaban J connectivity index is 1.45. The van der Waals surface area contributed by atoms with Crippen molar-refractivity contribution in [2.45, 2.75) is 31.3 Å². The van der Waals surface area contributed by atoms with Crippen LogP contribution in [0.25, 0.3) is 11.4 Å². The number of thiophene rings is 1. The van der Waals surface area contributed by atoms with Crippen molar-refractivity contribution in [1.82, 2.24) is 14.8 Å². The van der Waals surface area contributed by atoms with Gasteiger partial charge in [-0.25, -0.2) is 4.79 Å². The molecule has 0 bridgehead atoms. The summed E-state index contributed by atoms with van der Waals surface area (Å²) in [4.78, 5) is 28.4. The number of esters is 1. The van der Waals surface area contributed by atoms with E-state index >= 15 is 0 Å². The zero-order chi connectivity index (χ0) is 24.4. The van der Waals surface area contributed by atoms with Crippen LogP contribution in [0.4, 0.5) is 10.7 Å². The molecule has 1 aliphatic rings. The van der Waals surface area contributed by atoms with Gasteiger partial charge in [0.05, 0.1) is 18.4 Å². The molecule has 0 saturated carbocycles. The van der Waals surface area contributed by atoms with Gasteiger partial charge in [-0.3, -0.25) is 4.79 Å². The molecule has 1 N–H and O–H groups in total. The highest BCUT2D eigenvalue weighted by Gasteiger charge is 2.29. The number of nitrogens with zero attached hydrogens (tertiary/aromatic N) is 4. The van der Waals surface area contributed by atoms with Gasteiger partial charge in [0.15, 0.2) is 11.0 Å². The first-order valence-corrected chi connectivity index (χ1v) is 12.9. The molecule has 1 aromatic carbocycles. The van der Waals surface area contributed by atoms with E-state index in [1.807, 2.05) is 54.9 Å². The molecule has 10 heteroatoms. The largest absolute Gasteiger partial charge is 0.465 e. The molecule has 2 heterocycles. The van der Waals surface area contributed by atoms with Crippen LogP contribution in [0, 0.1) is 5.92 Å². The Morgan fingerprint density at radius 2 is 2.00 bits per heavy atom. The van der Waals surface area contributed by atoms with Crippen LogP contribution in [-0.4, -0.2) is 53.6 Å². The summed E-state index contributed by atoms with van der Waals surface area (Å²) in [6.45, 7) is 2.21. The van der Waals surface area contributed by atoms with E-state index in [-0.39, 0.29) is 11.7 Å². The number of thioether (sulfide) groups is 1. The number of benzene rings is 1. The number of ether oxygens (including phenoxy) is 1. The van der Waals surface area contributed by atoms with Crippen molar-refractivity contribution in [3.05, 3.63) is 40.3 Å². The van der Waals surface area contributed by atoms with E-state index in [0.717, 1.165) is 41.9 Å². The van der Waals surface area contributed by atoms with Crippen LogP contribution in [0.1, 0.15) is 34.1 Å². The maximum atomic E-state index is 12.8. The van der Waals surface area contributed by atoms with Gasteiger partial charge < -0.3 is 19.5 Å². The minimum Gasteiger partial charge on any atom is -0.465 e. The lowest BCUT2D eigenvalue weighted by Gasteiger charge is -2.18. The number of aromatic nitrogens is 3. The van der Waals surface area contributed by atoms with Gasteiger partial charge in [0.1, 0.15) is 5.00 Å². The lowest BCUT2D eigenvalue weighted by Crippen LogP contribution is -2.17. The predicted molar refractivity (Wildman–Crippen MR) is 137 cm³/mol. The SMILES string of the molecule is COC(=O)c1c(NC(=O)CSc2nnc(-c3ccc(N(C)C)cc3)n2C)sc2c1CCC(C)C2. The van der Waals surface area contributed by atoms with E-state index in [9.17, 15) is 9.59 Å². The average Bonchev–Trinajstić information content (AvgIpc) is 3.36. The fraction of sp³-hybridized carbons (Fsp3) is 0.417. The second-order valence-corrected chi connectivity index (χ2v) is 10.7. The number of nitrogens with one attached hydrogen (secondary N) is 1. The maximum Gasteiger partial charge on any atom is 0.341 e.